The number of imidazole rings is 1. The van der Waals surface area contributed by atoms with Crippen molar-refractivity contribution in [2.75, 3.05) is 6.54 Å². The second kappa shape index (κ2) is 6.36. The summed E-state index contributed by atoms with van der Waals surface area (Å²) in [5.41, 5.74) is 8.24. The van der Waals surface area contributed by atoms with Crippen LogP contribution in [0.5, 0.6) is 0 Å². The molecule has 0 bridgehead atoms. The van der Waals surface area contributed by atoms with Crippen LogP contribution in [0.15, 0.2) is 42.9 Å². The van der Waals surface area contributed by atoms with Gasteiger partial charge >= 0.3 is 0 Å². The predicted octanol–water partition coefficient (Wildman–Crippen LogP) is 2.58. The van der Waals surface area contributed by atoms with Gasteiger partial charge in [0.15, 0.2) is 0 Å². The van der Waals surface area contributed by atoms with Gasteiger partial charge in [-0.3, -0.25) is 0 Å². The normalized spacial score (nSPS) is 12.6. The van der Waals surface area contributed by atoms with Gasteiger partial charge in [0.05, 0.1) is 6.33 Å². The lowest BCUT2D eigenvalue weighted by molar-refractivity contribution is 0.491. The first-order valence-electron chi connectivity index (χ1n) is 6.56. The molecule has 3 nitrogen and oxygen atoms in total. The average Bonchev–Trinajstić information content (AvgIpc) is 2.86. The molecular weight excluding hydrogens is 222 g/mol. The number of nitrogens with two attached hydrogens (primary N) is 1. The molecule has 2 N–H and O–H groups in total. The quantitative estimate of drug-likeness (QED) is 0.847. The van der Waals surface area contributed by atoms with E-state index in [1.807, 2.05) is 12.5 Å². The van der Waals surface area contributed by atoms with Crippen LogP contribution in [-0.2, 0) is 12.8 Å². The van der Waals surface area contributed by atoms with E-state index in [0.29, 0.717) is 12.6 Å². The fourth-order valence-corrected chi connectivity index (χ4v) is 2.23. The number of hydrogen-bond acceptors (Lipinski definition) is 2. The fraction of sp³-hybridized carbons (Fsp3) is 0.400. The van der Waals surface area contributed by atoms with Crippen LogP contribution in [-0.4, -0.2) is 16.1 Å². The first kappa shape index (κ1) is 12.8. The molecule has 0 aliphatic carbocycles. The van der Waals surface area contributed by atoms with Gasteiger partial charge in [-0.15, -0.1) is 0 Å². The van der Waals surface area contributed by atoms with E-state index in [0.717, 1.165) is 19.3 Å². The number of aromatic nitrogens is 2. The number of aryl methyl sites for hydroxylation is 1. The Morgan fingerprint density at radius 2 is 2.00 bits per heavy atom. The summed E-state index contributed by atoms with van der Waals surface area (Å²) >= 11 is 0. The van der Waals surface area contributed by atoms with Crippen LogP contribution in [0.1, 0.15) is 30.6 Å². The summed E-state index contributed by atoms with van der Waals surface area (Å²) in [7, 11) is 0. The molecule has 1 atom stereocenters. The summed E-state index contributed by atoms with van der Waals surface area (Å²) in [5, 5.41) is 0. The van der Waals surface area contributed by atoms with E-state index in [4.69, 9.17) is 5.73 Å². The summed E-state index contributed by atoms with van der Waals surface area (Å²) in [6.45, 7) is 2.92. The fourth-order valence-electron chi connectivity index (χ4n) is 2.23. The molecule has 0 aliphatic rings. The molecule has 0 saturated heterocycles. The van der Waals surface area contributed by atoms with Crippen molar-refractivity contribution in [3.63, 3.8) is 0 Å². The van der Waals surface area contributed by atoms with Gasteiger partial charge < -0.3 is 10.3 Å². The second-order valence-electron chi connectivity index (χ2n) is 4.70. The molecule has 2 rings (SSSR count). The lowest BCUT2D eigenvalue weighted by Gasteiger charge is -2.16. The molecule has 0 spiro atoms. The molecular formula is C15H21N3. The van der Waals surface area contributed by atoms with Crippen molar-refractivity contribution in [2.45, 2.75) is 32.2 Å². The first-order chi connectivity index (χ1) is 8.81. The molecule has 1 aromatic carbocycles. The molecule has 18 heavy (non-hydrogen) atoms. The third-order valence-electron chi connectivity index (χ3n) is 3.32. The highest BCUT2D eigenvalue weighted by Crippen LogP contribution is 2.17. The van der Waals surface area contributed by atoms with Crippen LogP contribution in [0, 0.1) is 0 Å². The first-order valence-corrected chi connectivity index (χ1v) is 6.56. The molecule has 0 fully saturated rings. The predicted molar refractivity (Wildman–Crippen MR) is 74.5 cm³/mol. The van der Waals surface area contributed by atoms with E-state index >= 15 is 0 Å². The van der Waals surface area contributed by atoms with Crippen LogP contribution in [0.25, 0.3) is 0 Å². The van der Waals surface area contributed by atoms with Crippen LogP contribution in [0.3, 0.4) is 0 Å². The summed E-state index contributed by atoms with van der Waals surface area (Å²) in [6, 6.07) is 11.1. The van der Waals surface area contributed by atoms with Crippen molar-refractivity contribution in [1.29, 1.82) is 0 Å². The Balaban J connectivity index is 1.95. The van der Waals surface area contributed by atoms with Crippen molar-refractivity contribution in [3.8, 4) is 0 Å². The van der Waals surface area contributed by atoms with E-state index in [2.05, 4.69) is 46.8 Å². The van der Waals surface area contributed by atoms with E-state index in [9.17, 15) is 0 Å². The van der Waals surface area contributed by atoms with E-state index in [1.165, 1.54) is 11.3 Å². The molecule has 0 amide bonds. The highest BCUT2D eigenvalue weighted by molar-refractivity contribution is 5.14. The lowest BCUT2D eigenvalue weighted by atomic mass is 10.1. The number of hydrogen-bond donors (Lipinski definition) is 1. The Hall–Kier alpha value is -1.61. The number of rotatable bonds is 6. The zero-order chi connectivity index (χ0) is 12.8. The Labute approximate surface area is 109 Å². The SMILES string of the molecule is CC(CCc1ccccc1)n1cncc1CCN. The van der Waals surface area contributed by atoms with Gasteiger partial charge in [-0.05, 0) is 31.9 Å². The van der Waals surface area contributed by atoms with Crippen molar-refractivity contribution < 1.29 is 0 Å². The molecule has 1 aromatic heterocycles. The molecule has 0 aliphatic heterocycles. The molecule has 3 heteroatoms. The number of nitrogens with zero attached hydrogens (tertiary/aromatic N) is 2. The highest BCUT2D eigenvalue weighted by Gasteiger charge is 2.09. The molecule has 0 saturated carbocycles. The average molecular weight is 243 g/mol. The van der Waals surface area contributed by atoms with E-state index in [-0.39, 0.29) is 0 Å². The van der Waals surface area contributed by atoms with Gasteiger partial charge in [-0.2, -0.15) is 0 Å². The monoisotopic (exact) mass is 243 g/mol. The molecule has 2 aromatic rings. The Morgan fingerprint density at radius 1 is 1.22 bits per heavy atom. The molecule has 0 radical (unpaired) electrons. The second-order valence-corrected chi connectivity index (χ2v) is 4.70. The standard InChI is InChI=1S/C15H21N3/c1-13(7-8-14-5-3-2-4-6-14)18-12-17-11-15(18)9-10-16/h2-6,11-13H,7-10,16H2,1H3. The van der Waals surface area contributed by atoms with Gasteiger partial charge in [0.25, 0.3) is 0 Å². The number of benzene rings is 1. The Morgan fingerprint density at radius 3 is 2.72 bits per heavy atom. The van der Waals surface area contributed by atoms with Crippen molar-refractivity contribution >= 4 is 0 Å². The van der Waals surface area contributed by atoms with Crippen molar-refractivity contribution in [2.24, 2.45) is 5.73 Å². The van der Waals surface area contributed by atoms with Gasteiger partial charge in [0.2, 0.25) is 0 Å². The minimum absolute atomic E-state index is 0.467. The molecule has 1 unspecified atom stereocenters. The minimum atomic E-state index is 0.467. The minimum Gasteiger partial charge on any atom is -0.332 e. The smallest absolute Gasteiger partial charge is 0.0950 e. The zero-order valence-corrected chi connectivity index (χ0v) is 10.9. The molecule has 1 heterocycles. The van der Waals surface area contributed by atoms with Gasteiger partial charge in [0.1, 0.15) is 0 Å². The summed E-state index contributed by atoms with van der Waals surface area (Å²) in [4.78, 5) is 4.22. The summed E-state index contributed by atoms with van der Waals surface area (Å²) < 4.78 is 2.25. The van der Waals surface area contributed by atoms with Crippen LogP contribution < -0.4 is 5.73 Å². The van der Waals surface area contributed by atoms with Crippen molar-refractivity contribution in [1.82, 2.24) is 9.55 Å². The van der Waals surface area contributed by atoms with Crippen molar-refractivity contribution in [3.05, 3.63) is 54.1 Å². The lowest BCUT2D eigenvalue weighted by Crippen LogP contribution is -2.12. The third kappa shape index (κ3) is 3.20. The van der Waals surface area contributed by atoms with E-state index in [1.54, 1.807) is 0 Å². The topological polar surface area (TPSA) is 43.8 Å². The third-order valence-corrected chi connectivity index (χ3v) is 3.32. The maximum absolute atomic E-state index is 5.61. The largest absolute Gasteiger partial charge is 0.332 e. The zero-order valence-electron chi connectivity index (χ0n) is 10.9. The Bertz CT molecular complexity index is 462. The van der Waals surface area contributed by atoms with Crippen LogP contribution in [0.2, 0.25) is 0 Å². The van der Waals surface area contributed by atoms with Gasteiger partial charge in [-0.1, -0.05) is 30.3 Å². The summed E-state index contributed by atoms with van der Waals surface area (Å²) in [5.74, 6) is 0. The Kier molecular flexibility index (Phi) is 4.53. The van der Waals surface area contributed by atoms with Gasteiger partial charge in [0, 0.05) is 24.4 Å². The van der Waals surface area contributed by atoms with Crippen LogP contribution >= 0.6 is 0 Å². The highest BCUT2D eigenvalue weighted by atomic mass is 15.1. The van der Waals surface area contributed by atoms with Gasteiger partial charge in [-0.25, -0.2) is 4.98 Å². The maximum Gasteiger partial charge on any atom is 0.0950 e. The maximum atomic E-state index is 5.61. The van der Waals surface area contributed by atoms with E-state index < -0.39 is 0 Å². The van der Waals surface area contributed by atoms with Crippen LogP contribution in [0.4, 0.5) is 0 Å². The summed E-state index contributed by atoms with van der Waals surface area (Å²) in [6.07, 6.45) is 6.96. The molecule has 96 valence electrons.